The lowest BCUT2D eigenvalue weighted by molar-refractivity contribution is -0.387. The van der Waals surface area contributed by atoms with Crippen LogP contribution in [-0.4, -0.2) is 32.1 Å². The first-order chi connectivity index (χ1) is 9.81. The second-order valence-corrected chi connectivity index (χ2v) is 6.95. The molecule has 1 fully saturated rings. The van der Waals surface area contributed by atoms with Crippen LogP contribution in [0.2, 0.25) is 5.02 Å². The van der Waals surface area contributed by atoms with Gasteiger partial charge >= 0.3 is 0 Å². The van der Waals surface area contributed by atoms with Gasteiger partial charge in [-0.15, -0.1) is 0 Å². The van der Waals surface area contributed by atoms with Crippen molar-refractivity contribution in [1.82, 2.24) is 4.72 Å². The van der Waals surface area contributed by atoms with Gasteiger partial charge < -0.3 is 4.74 Å². The predicted octanol–water partition coefficient (Wildman–Crippen LogP) is 2.09. The second-order valence-electron chi connectivity index (χ2n) is 4.83. The third-order valence-electron chi connectivity index (χ3n) is 3.27. The van der Waals surface area contributed by atoms with Gasteiger partial charge in [-0.25, -0.2) is 13.1 Å². The van der Waals surface area contributed by atoms with Crippen molar-refractivity contribution in [2.45, 2.75) is 36.8 Å². The Bertz CT molecular complexity index is 643. The van der Waals surface area contributed by atoms with E-state index in [1.807, 2.05) is 0 Å². The molecule has 0 unspecified atom stereocenters. The molecule has 7 nitrogen and oxygen atoms in total. The van der Waals surface area contributed by atoms with Crippen LogP contribution in [0.1, 0.15) is 19.8 Å². The fourth-order valence-electron chi connectivity index (χ4n) is 2.24. The van der Waals surface area contributed by atoms with E-state index in [-0.39, 0.29) is 11.1 Å². The monoisotopic (exact) mass is 334 g/mol. The van der Waals surface area contributed by atoms with E-state index in [1.165, 1.54) is 6.07 Å². The number of nitrogens with one attached hydrogen (secondary N) is 1. The lowest BCUT2D eigenvalue weighted by atomic mass is 10.1. The highest BCUT2D eigenvalue weighted by Crippen LogP contribution is 2.27. The number of nitrogens with zero attached hydrogens (tertiary/aromatic N) is 1. The summed E-state index contributed by atoms with van der Waals surface area (Å²) in [4.78, 5) is 9.82. The molecule has 1 saturated heterocycles. The summed E-state index contributed by atoms with van der Waals surface area (Å²) in [7, 11) is -4.02. The van der Waals surface area contributed by atoms with Crippen LogP contribution in [0.3, 0.4) is 0 Å². The van der Waals surface area contributed by atoms with Gasteiger partial charge in [0, 0.05) is 23.7 Å². The smallest absolute Gasteiger partial charge is 0.290 e. The molecule has 0 aliphatic carbocycles. The summed E-state index contributed by atoms with van der Waals surface area (Å²) in [6.07, 6.45) is 1.41. The maximum absolute atomic E-state index is 12.3. The summed E-state index contributed by atoms with van der Waals surface area (Å²) >= 11 is 5.68. The van der Waals surface area contributed by atoms with E-state index < -0.39 is 31.6 Å². The van der Waals surface area contributed by atoms with Crippen LogP contribution in [0.15, 0.2) is 23.1 Å². The van der Waals surface area contributed by atoms with Gasteiger partial charge in [0.25, 0.3) is 5.69 Å². The third-order valence-corrected chi connectivity index (χ3v) is 5.11. The molecule has 0 spiro atoms. The first-order valence-corrected chi connectivity index (χ1v) is 8.25. The molecule has 2 atom stereocenters. The van der Waals surface area contributed by atoms with Crippen molar-refractivity contribution in [3.8, 4) is 0 Å². The van der Waals surface area contributed by atoms with Crippen molar-refractivity contribution in [2.24, 2.45) is 0 Å². The Morgan fingerprint density at radius 2 is 2.24 bits per heavy atom. The van der Waals surface area contributed by atoms with Crippen LogP contribution >= 0.6 is 11.6 Å². The van der Waals surface area contributed by atoms with Gasteiger partial charge in [0.2, 0.25) is 10.0 Å². The summed E-state index contributed by atoms with van der Waals surface area (Å²) in [5, 5.41) is 11.1. The predicted molar refractivity (Wildman–Crippen MR) is 76.9 cm³/mol. The minimum absolute atomic E-state index is 0.104. The van der Waals surface area contributed by atoms with Crippen LogP contribution in [-0.2, 0) is 14.8 Å². The molecule has 0 amide bonds. The molecule has 1 aromatic carbocycles. The lowest BCUT2D eigenvalue weighted by Gasteiger charge is -2.19. The summed E-state index contributed by atoms with van der Waals surface area (Å²) < 4.78 is 32.5. The SMILES string of the molecule is C[C@H](NS(=O)(=O)c1ccc(Cl)cc1[N+](=O)[O-])[C@H]1CCCO1. The topological polar surface area (TPSA) is 98.5 Å². The van der Waals surface area contributed by atoms with Gasteiger partial charge in [-0.2, -0.15) is 0 Å². The number of ether oxygens (including phenoxy) is 1. The molecule has 1 aliphatic rings. The molecule has 0 radical (unpaired) electrons. The van der Waals surface area contributed by atoms with Crippen LogP contribution in [0.25, 0.3) is 0 Å². The summed E-state index contributed by atoms with van der Waals surface area (Å²) in [6, 6.07) is 2.99. The normalized spacial score (nSPS) is 20.4. The van der Waals surface area contributed by atoms with Crippen LogP contribution < -0.4 is 4.72 Å². The van der Waals surface area contributed by atoms with E-state index >= 15 is 0 Å². The van der Waals surface area contributed by atoms with Gasteiger partial charge in [0.05, 0.1) is 11.0 Å². The number of nitro groups is 1. The first-order valence-electron chi connectivity index (χ1n) is 6.39. The number of hydrogen-bond acceptors (Lipinski definition) is 5. The van der Waals surface area contributed by atoms with E-state index in [1.54, 1.807) is 6.92 Å². The third kappa shape index (κ3) is 3.70. The molecular weight excluding hydrogens is 320 g/mol. The highest BCUT2D eigenvalue weighted by atomic mass is 35.5. The highest BCUT2D eigenvalue weighted by Gasteiger charge is 2.31. The zero-order valence-corrected chi connectivity index (χ0v) is 12.9. The van der Waals surface area contributed by atoms with E-state index in [0.29, 0.717) is 6.61 Å². The maximum Gasteiger partial charge on any atom is 0.290 e. The molecule has 1 aliphatic heterocycles. The number of rotatable bonds is 5. The Morgan fingerprint density at radius 3 is 2.81 bits per heavy atom. The Kier molecular flexibility index (Phi) is 4.82. The average molecular weight is 335 g/mol. The van der Waals surface area contributed by atoms with E-state index in [9.17, 15) is 18.5 Å². The second kappa shape index (κ2) is 6.27. The fourth-order valence-corrected chi connectivity index (χ4v) is 3.83. The molecule has 116 valence electrons. The largest absolute Gasteiger partial charge is 0.377 e. The zero-order valence-electron chi connectivity index (χ0n) is 11.3. The number of halogens is 1. The highest BCUT2D eigenvalue weighted by molar-refractivity contribution is 7.89. The molecule has 0 bridgehead atoms. The van der Waals surface area contributed by atoms with Crippen molar-refractivity contribution in [2.75, 3.05) is 6.61 Å². The van der Waals surface area contributed by atoms with Gasteiger partial charge in [0.15, 0.2) is 4.90 Å². The molecule has 0 saturated carbocycles. The Morgan fingerprint density at radius 1 is 1.52 bits per heavy atom. The molecular formula is C12H15ClN2O5S. The minimum Gasteiger partial charge on any atom is -0.377 e. The summed E-state index contributed by atoms with van der Waals surface area (Å²) in [5.41, 5.74) is -0.547. The Balaban J connectivity index is 2.29. The average Bonchev–Trinajstić information content (AvgIpc) is 2.91. The van der Waals surface area contributed by atoms with Crippen LogP contribution in [0.5, 0.6) is 0 Å². The standard InChI is InChI=1S/C12H15ClN2O5S/c1-8(11-3-2-6-20-11)14-21(18,19)12-5-4-9(13)7-10(12)15(16)17/h4-5,7-8,11,14H,2-3,6H2,1H3/t8-,11+/m0/s1. The maximum atomic E-state index is 12.3. The van der Waals surface area contributed by atoms with Crippen molar-refractivity contribution in [1.29, 1.82) is 0 Å². The molecule has 21 heavy (non-hydrogen) atoms. The Labute approximate surface area is 127 Å². The van der Waals surface area contributed by atoms with E-state index in [2.05, 4.69) is 4.72 Å². The number of benzene rings is 1. The summed E-state index contributed by atoms with van der Waals surface area (Å²) in [5.74, 6) is 0. The fraction of sp³-hybridized carbons (Fsp3) is 0.500. The van der Waals surface area contributed by atoms with Crippen LogP contribution in [0, 0.1) is 10.1 Å². The quantitative estimate of drug-likeness (QED) is 0.656. The van der Waals surface area contributed by atoms with Gasteiger partial charge in [0.1, 0.15) is 0 Å². The number of hydrogen-bond donors (Lipinski definition) is 1. The minimum atomic E-state index is -4.02. The first kappa shape index (κ1) is 16.2. The van der Waals surface area contributed by atoms with E-state index in [4.69, 9.17) is 16.3 Å². The zero-order chi connectivity index (χ0) is 15.6. The van der Waals surface area contributed by atoms with Gasteiger partial charge in [-0.05, 0) is 31.9 Å². The van der Waals surface area contributed by atoms with Gasteiger partial charge in [-0.3, -0.25) is 10.1 Å². The van der Waals surface area contributed by atoms with E-state index in [0.717, 1.165) is 25.0 Å². The molecule has 1 N–H and O–H groups in total. The molecule has 9 heteroatoms. The molecule has 1 heterocycles. The van der Waals surface area contributed by atoms with Crippen molar-refractivity contribution in [3.05, 3.63) is 33.3 Å². The Hall–Kier alpha value is -1.22. The van der Waals surface area contributed by atoms with Gasteiger partial charge in [-0.1, -0.05) is 11.6 Å². The molecule has 0 aromatic heterocycles. The number of sulfonamides is 1. The van der Waals surface area contributed by atoms with Crippen molar-refractivity contribution in [3.63, 3.8) is 0 Å². The molecule has 2 rings (SSSR count). The lowest BCUT2D eigenvalue weighted by Crippen LogP contribution is -2.40. The number of nitro benzene ring substituents is 1. The van der Waals surface area contributed by atoms with Crippen molar-refractivity contribution >= 4 is 27.3 Å². The van der Waals surface area contributed by atoms with Crippen molar-refractivity contribution < 1.29 is 18.1 Å². The molecule has 1 aromatic rings. The summed E-state index contributed by atoms with van der Waals surface area (Å²) in [6.45, 7) is 2.27. The van der Waals surface area contributed by atoms with Crippen LogP contribution in [0.4, 0.5) is 5.69 Å².